The van der Waals surface area contributed by atoms with Crippen LogP contribution in [0.25, 0.3) is 0 Å². The molecule has 3 aliphatic rings. The second kappa shape index (κ2) is 7.58. The maximum absolute atomic E-state index is 13.7. The second-order valence-electron chi connectivity index (χ2n) is 7.60. The van der Waals surface area contributed by atoms with Gasteiger partial charge in [-0.3, -0.25) is 4.90 Å². The van der Waals surface area contributed by atoms with E-state index in [2.05, 4.69) is 10.2 Å². The van der Waals surface area contributed by atoms with Crippen molar-refractivity contribution in [1.82, 2.24) is 9.80 Å². The standard InChI is InChI=1S/C18H24FN3O5S/c19-15-3-1-2-4-16(15)20-17(23)22-11-18(12-22)13-28(24,25)14(10-27-18)9-21-5-7-26-8-6-21/h1-4,14H,5-13H2,(H,20,23)/t14-/m0/s1. The van der Waals surface area contributed by atoms with Crippen molar-refractivity contribution in [3.63, 3.8) is 0 Å². The van der Waals surface area contributed by atoms with Crippen LogP contribution in [0.4, 0.5) is 14.9 Å². The number of morpholine rings is 1. The molecule has 154 valence electrons. The molecule has 0 saturated carbocycles. The maximum Gasteiger partial charge on any atom is 0.322 e. The maximum atomic E-state index is 13.7. The zero-order valence-electron chi connectivity index (χ0n) is 15.5. The zero-order valence-corrected chi connectivity index (χ0v) is 16.3. The van der Waals surface area contributed by atoms with Gasteiger partial charge in [-0.15, -0.1) is 0 Å². The van der Waals surface area contributed by atoms with Gasteiger partial charge in [0.05, 0.1) is 49.6 Å². The first-order valence-corrected chi connectivity index (χ1v) is 11.0. The van der Waals surface area contributed by atoms with Gasteiger partial charge in [-0.25, -0.2) is 17.6 Å². The third-order valence-electron chi connectivity index (χ3n) is 5.47. The molecule has 1 aromatic rings. The lowest BCUT2D eigenvalue weighted by Gasteiger charge is -2.52. The largest absolute Gasteiger partial charge is 0.379 e. The van der Waals surface area contributed by atoms with Crippen LogP contribution in [-0.4, -0.2) is 93.4 Å². The Bertz CT molecular complexity index is 837. The van der Waals surface area contributed by atoms with Crippen LogP contribution in [0, 0.1) is 5.82 Å². The molecule has 3 heterocycles. The average Bonchev–Trinajstić information content (AvgIpc) is 2.64. The normalized spacial score (nSPS) is 26.6. The zero-order chi connectivity index (χ0) is 19.8. The Morgan fingerprint density at radius 1 is 1.25 bits per heavy atom. The summed E-state index contributed by atoms with van der Waals surface area (Å²) in [6.07, 6.45) is 0. The molecule has 0 aliphatic carbocycles. The van der Waals surface area contributed by atoms with Crippen molar-refractivity contribution in [3.05, 3.63) is 30.1 Å². The highest BCUT2D eigenvalue weighted by atomic mass is 32.2. The number of halogens is 1. The van der Waals surface area contributed by atoms with Crippen molar-refractivity contribution >= 4 is 21.6 Å². The number of nitrogens with one attached hydrogen (secondary N) is 1. The predicted octanol–water partition coefficient (Wildman–Crippen LogP) is 0.558. The summed E-state index contributed by atoms with van der Waals surface area (Å²) in [7, 11) is -3.33. The lowest BCUT2D eigenvalue weighted by atomic mass is 9.96. The molecule has 3 aliphatic heterocycles. The predicted molar refractivity (Wildman–Crippen MR) is 101 cm³/mol. The first kappa shape index (κ1) is 19.6. The highest BCUT2D eigenvalue weighted by Gasteiger charge is 2.54. The van der Waals surface area contributed by atoms with Crippen LogP contribution in [0.1, 0.15) is 0 Å². The third kappa shape index (κ3) is 4.00. The van der Waals surface area contributed by atoms with Crippen molar-refractivity contribution in [2.75, 3.05) is 63.6 Å². The van der Waals surface area contributed by atoms with Gasteiger partial charge in [0.1, 0.15) is 11.4 Å². The van der Waals surface area contributed by atoms with Gasteiger partial charge in [0.25, 0.3) is 0 Å². The topological polar surface area (TPSA) is 88.2 Å². The molecule has 1 spiro atoms. The van der Waals surface area contributed by atoms with E-state index in [0.29, 0.717) is 19.8 Å². The van der Waals surface area contributed by atoms with E-state index < -0.39 is 32.5 Å². The highest BCUT2D eigenvalue weighted by molar-refractivity contribution is 7.92. The van der Waals surface area contributed by atoms with E-state index in [1.165, 1.54) is 23.1 Å². The van der Waals surface area contributed by atoms with Crippen LogP contribution < -0.4 is 5.32 Å². The van der Waals surface area contributed by atoms with Crippen LogP contribution in [0.3, 0.4) is 0 Å². The number of amides is 2. The van der Waals surface area contributed by atoms with Gasteiger partial charge in [-0.2, -0.15) is 0 Å². The van der Waals surface area contributed by atoms with Gasteiger partial charge in [0.2, 0.25) is 0 Å². The number of rotatable bonds is 3. The first-order chi connectivity index (χ1) is 13.4. The van der Waals surface area contributed by atoms with E-state index in [9.17, 15) is 17.6 Å². The fourth-order valence-electron chi connectivity index (χ4n) is 3.87. The minimum atomic E-state index is -3.33. The Kier molecular flexibility index (Phi) is 5.30. The van der Waals surface area contributed by atoms with Crippen molar-refractivity contribution < 1.29 is 27.1 Å². The Balaban J connectivity index is 1.32. The van der Waals surface area contributed by atoms with Gasteiger partial charge >= 0.3 is 6.03 Å². The van der Waals surface area contributed by atoms with E-state index in [1.807, 2.05) is 0 Å². The molecule has 1 aromatic carbocycles. The summed E-state index contributed by atoms with van der Waals surface area (Å²) in [5.41, 5.74) is -0.761. The molecular formula is C18H24FN3O5S. The Morgan fingerprint density at radius 3 is 2.64 bits per heavy atom. The summed E-state index contributed by atoms with van der Waals surface area (Å²) in [6.45, 7) is 3.60. The monoisotopic (exact) mass is 413 g/mol. The third-order valence-corrected chi connectivity index (χ3v) is 7.70. The molecule has 1 atom stereocenters. The molecule has 3 fully saturated rings. The number of carbonyl (C=O) groups is 1. The number of hydrogen-bond acceptors (Lipinski definition) is 6. The molecule has 1 N–H and O–H groups in total. The molecule has 0 bridgehead atoms. The van der Waals surface area contributed by atoms with Crippen LogP contribution >= 0.6 is 0 Å². The SMILES string of the molecule is O=C(Nc1ccccc1F)N1CC2(C1)CS(=O)(=O)[C@@H](CN1CCOCC1)CO2. The Morgan fingerprint density at radius 2 is 1.96 bits per heavy atom. The first-order valence-electron chi connectivity index (χ1n) is 9.33. The van der Waals surface area contributed by atoms with Gasteiger partial charge in [-0.1, -0.05) is 12.1 Å². The molecule has 10 heteroatoms. The number of sulfone groups is 1. The highest BCUT2D eigenvalue weighted by Crippen LogP contribution is 2.33. The van der Waals surface area contributed by atoms with Crippen molar-refractivity contribution in [1.29, 1.82) is 0 Å². The number of likely N-dealkylation sites (tertiary alicyclic amines) is 1. The molecule has 2 amide bonds. The van der Waals surface area contributed by atoms with Crippen LogP contribution in [0.2, 0.25) is 0 Å². The average molecular weight is 413 g/mol. The van der Waals surface area contributed by atoms with Crippen molar-refractivity contribution in [2.24, 2.45) is 0 Å². The van der Waals surface area contributed by atoms with Gasteiger partial charge in [0, 0.05) is 19.6 Å². The summed E-state index contributed by atoms with van der Waals surface area (Å²) in [6, 6.07) is 5.44. The number of carbonyl (C=O) groups excluding carboxylic acids is 1. The molecule has 28 heavy (non-hydrogen) atoms. The van der Waals surface area contributed by atoms with Crippen molar-refractivity contribution in [2.45, 2.75) is 10.9 Å². The second-order valence-corrected chi connectivity index (χ2v) is 9.88. The lowest BCUT2D eigenvalue weighted by Crippen LogP contribution is -2.71. The number of ether oxygens (including phenoxy) is 2. The number of hydrogen-bond donors (Lipinski definition) is 1. The molecular weight excluding hydrogens is 389 g/mol. The fourth-order valence-corrected chi connectivity index (χ4v) is 5.82. The molecule has 3 saturated heterocycles. The number of nitrogens with zero attached hydrogens (tertiary/aromatic N) is 2. The Hall–Kier alpha value is -1.75. The van der Waals surface area contributed by atoms with Gasteiger partial charge in [-0.05, 0) is 12.1 Å². The van der Waals surface area contributed by atoms with Crippen LogP contribution in [-0.2, 0) is 19.3 Å². The Labute approximate surface area is 163 Å². The number of benzene rings is 1. The van der Waals surface area contributed by atoms with E-state index in [4.69, 9.17) is 9.47 Å². The molecule has 8 nitrogen and oxygen atoms in total. The minimum Gasteiger partial charge on any atom is -0.379 e. The van der Waals surface area contributed by atoms with E-state index in [0.717, 1.165) is 13.1 Å². The number of anilines is 1. The summed E-state index contributed by atoms with van der Waals surface area (Å²) in [5.74, 6) is -0.619. The summed E-state index contributed by atoms with van der Waals surface area (Å²) >= 11 is 0. The van der Waals surface area contributed by atoms with Crippen LogP contribution in [0.15, 0.2) is 24.3 Å². The van der Waals surface area contributed by atoms with E-state index in [-0.39, 0.29) is 31.1 Å². The lowest BCUT2D eigenvalue weighted by molar-refractivity contribution is -0.118. The fraction of sp³-hybridized carbons (Fsp3) is 0.611. The summed E-state index contributed by atoms with van der Waals surface area (Å²) < 4.78 is 50.4. The summed E-state index contributed by atoms with van der Waals surface area (Å²) in [5, 5.41) is 1.95. The van der Waals surface area contributed by atoms with E-state index >= 15 is 0 Å². The molecule has 4 rings (SSSR count). The molecule has 0 radical (unpaired) electrons. The van der Waals surface area contributed by atoms with Gasteiger partial charge < -0.3 is 19.7 Å². The number of para-hydroxylation sites is 1. The smallest absolute Gasteiger partial charge is 0.322 e. The van der Waals surface area contributed by atoms with Gasteiger partial charge in [0.15, 0.2) is 9.84 Å². The molecule has 0 unspecified atom stereocenters. The number of urea groups is 1. The minimum absolute atomic E-state index is 0.0937. The van der Waals surface area contributed by atoms with E-state index in [1.54, 1.807) is 6.07 Å². The van der Waals surface area contributed by atoms with Crippen LogP contribution in [0.5, 0.6) is 0 Å². The quantitative estimate of drug-likeness (QED) is 0.779. The molecule has 0 aromatic heterocycles. The summed E-state index contributed by atoms with van der Waals surface area (Å²) in [4.78, 5) is 15.8. The van der Waals surface area contributed by atoms with Crippen molar-refractivity contribution in [3.8, 4) is 0 Å².